The summed E-state index contributed by atoms with van der Waals surface area (Å²) in [4.78, 5) is 25.5. The first-order valence-corrected chi connectivity index (χ1v) is 9.22. The van der Waals surface area contributed by atoms with Gasteiger partial charge in [0.1, 0.15) is 0 Å². The zero-order valence-corrected chi connectivity index (χ0v) is 15.0. The van der Waals surface area contributed by atoms with Gasteiger partial charge in [0.15, 0.2) is 4.90 Å². The molecule has 24 heavy (non-hydrogen) atoms. The van der Waals surface area contributed by atoms with E-state index in [-0.39, 0.29) is 12.5 Å². The number of likely N-dealkylation sites (tertiary alicyclic amines) is 1. The van der Waals surface area contributed by atoms with Crippen LogP contribution in [0.4, 0.5) is 0 Å². The molecule has 1 aromatic heterocycles. The second kappa shape index (κ2) is 7.60. The summed E-state index contributed by atoms with van der Waals surface area (Å²) in [5, 5.41) is 0. The highest BCUT2D eigenvalue weighted by molar-refractivity contribution is 7.89. The summed E-state index contributed by atoms with van der Waals surface area (Å²) in [7, 11) is 0.354. The number of ether oxygens (including phenoxy) is 1. The van der Waals surface area contributed by atoms with E-state index in [0.29, 0.717) is 6.61 Å². The highest BCUT2D eigenvalue weighted by atomic mass is 32.2. The molecule has 10 heteroatoms. The van der Waals surface area contributed by atoms with Crippen LogP contribution in [0.2, 0.25) is 0 Å². The van der Waals surface area contributed by atoms with E-state index in [2.05, 4.69) is 9.62 Å². The third-order valence-electron chi connectivity index (χ3n) is 4.25. The van der Waals surface area contributed by atoms with Crippen LogP contribution in [0.3, 0.4) is 0 Å². The molecule has 2 heterocycles. The van der Waals surface area contributed by atoms with Crippen molar-refractivity contribution in [1.82, 2.24) is 18.8 Å². The number of rotatable bonds is 7. The Hall–Kier alpha value is -1.49. The molecule has 0 aromatic carbocycles. The highest BCUT2D eigenvalue weighted by Gasteiger charge is 2.26. The minimum Gasteiger partial charge on any atom is -0.383 e. The molecule has 9 nitrogen and oxygen atoms in total. The molecule has 1 fully saturated rings. The van der Waals surface area contributed by atoms with E-state index in [1.807, 2.05) is 0 Å². The molecular weight excluding hydrogens is 336 g/mol. The lowest BCUT2D eigenvalue weighted by molar-refractivity contribution is 0.159. The second-order valence-corrected chi connectivity index (χ2v) is 7.79. The largest absolute Gasteiger partial charge is 0.383 e. The fraction of sp³-hybridized carbons (Fsp3) is 0.714. The molecule has 1 atom stereocenters. The Balaban J connectivity index is 2.06. The van der Waals surface area contributed by atoms with E-state index in [4.69, 9.17) is 4.74 Å². The zero-order chi connectivity index (χ0) is 17.9. The summed E-state index contributed by atoms with van der Waals surface area (Å²) in [6.07, 6.45) is 1.95. The molecule has 0 amide bonds. The average molecular weight is 360 g/mol. The maximum atomic E-state index is 12.4. The maximum absolute atomic E-state index is 12.4. The van der Waals surface area contributed by atoms with Crippen LogP contribution >= 0.6 is 0 Å². The summed E-state index contributed by atoms with van der Waals surface area (Å²) >= 11 is 0. The summed E-state index contributed by atoms with van der Waals surface area (Å²) in [5.74, 6) is 0.188. The van der Waals surface area contributed by atoms with Gasteiger partial charge in [-0.15, -0.1) is 0 Å². The van der Waals surface area contributed by atoms with E-state index < -0.39 is 26.2 Å². The van der Waals surface area contributed by atoms with Crippen molar-refractivity contribution in [3.8, 4) is 0 Å². The van der Waals surface area contributed by atoms with Crippen LogP contribution in [0, 0.1) is 5.92 Å². The molecule has 136 valence electrons. The summed E-state index contributed by atoms with van der Waals surface area (Å²) in [6.45, 7) is 3.42. The van der Waals surface area contributed by atoms with Gasteiger partial charge in [0.2, 0.25) is 10.0 Å². The number of hydrogen-bond donors (Lipinski definition) is 1. The Kier molecular flexibility index (Phi) is 5.97. The van der Waals surface area contributed by atoms with E-state index in [1.165, 1.54) is 14.1 Å². The topological polar surface area (TPSA) is 103 Å². The van der Waals surface area contributed by atoms with Gasteiger partial charge in [-0.3, -0.25) is 9.36 Å². The van der Waals surface area contributed by atoms with Crippen molar-refractivity contribution in [1.29, 1.82) is 0 Å². The first kappa shape index (κ1) is 18.8. The number of aromatic nitrogens is 2. The van der Waals surface area contributed by atoms with Crippen molar-refractivity contribution in [2.75, 3.05) is 39.9 Å². The lowest BCUT2D eigenvalue weighted by atomic mass is 10.1. The molecule has 1 aromatic rings. The lowest BCUT2D eigenvalue weighted by Crippen LogP contribution is -2.42. The van der Waals surface area contributed by atoms with Crippen LogP contribution < -0.4 is 16.0 Å². The minimum atomic E-state index is -3.96. The third kappa shape index (κ3) is 4.12. The molecule has 0 bridgehead atoms. The fourth-order valence-corrected chi connectivity index (χ4v) is 4.04. The van der Waals surface area contributed by atoms with Gasteiger partial charge in [0, 0.05) is 47.0 Å². The van der Waals surface area contributed by atoms with E-state index in [0.717, 1.165) is 41.4 Å². The monoisotopic (exact) mass is 360 g/mol. The number of nitrogens with zero attached hydrogens (tertiary/aromatic N) is 3. The Morgan fingerprint density at radius 1 is 1.33 bits per heavy atom. The van der Waals surface area contributed by atoms with Crippen molar-refractivity contribution >= 4 is 10.0 Å². The quantitative estimate of drug-likeness (QED) is 0.624. The maximum Gasteiger partial charge on any atom is 0.330 e. The zero-order valence-electron chi connectivity index (χ0n) is 14.2. The number of methoxy groups -OCH3 is 1. The van der Waals surface area contributed by atoms with Crippen LogP contribution in [0.25, 0.3) is 0 Å². The minimum absolute atomic E-state index is 0.188. The van der Waals surface area contributed by atoms with Crippen molar-refractivity contribution in [3.05, 3.63) is 27.0 Å². The molecule has 1 aliphatic heterocycles. The van der Waals surface area contributed by atoms with E-state index >= 15 is 0 Å². The Labute approximate surface area is 140 Å². The standard InChI is InChI=1S/C14H24N4O5S/c1-16-10-12(13(19)17(2)14(16)20)24(21,22)15-8-11-4-5-18(9-11)6-7-23-3/h10-11,15H,4-9H2,1-3H3/t11-/m1/s1. The van der Waals surface area contributed by atoms with Crippen molar-refractivity contribution in [3.63, 3.8) is 0 Å². The molecule has 1 saturated heterocycles. The average Bonchev–Trinajstić information content (AvgIpc) is 3.00. The second-order valence-electron chi connectivity index (χ2n) is 6.05. The van der Waals surface area contributed by atoms with Gasteiger partial charge < -0.3 is 14.2 Å². The fourth-order valence-electron chi connectivity index (χ4n) is 2.77. The van der Waals surface area contributed by atoms with Gasteiger partial charge in [-0.1, -0.05) is 0 Å². The number of hydrogen-bond acceptors (Lipinski definition) is 6. The predicted octanol–water partition coefficient (Wildman–Crippen LogP) is -1.67. The first-order valence-electron chi connectivity index (χ1n) is 7.74. The van der Waals surface area contributed by atoms with Crippen molar-refractivity contribution in [2.24, 2.45) is 20.0 Å². The van der Waals surface area contributed by atoms with Crippen LogP contribution in [0.15, 0.2) is 20.7 Å². The molecule has 0 aliphatic carbocycles. The first-order chi connectivity index (χ1) is 11.3. The molecule has 0 unspecified atom stereocenters. The van der Waals surface area contributed by atoms with Crippen molar-refractivity contribution in [2.45, 2.75) is 11.3 Å². The van der Waals surface area contributed by atoms with Gasteiger partial charge in [0.25, 0.3) is 5.56 Å². The molecular formula is C14H24N4O5S. The Morgan fingerprint density at radius 3 is 2.71 bits per heavy atom. The summed E-state index contributed by atoms with van der Waals surface area (Å²) in [5.41, 5.74) is -1.39. The number of aryl methyl sites for hydroxylation is 1. The predicted molar refractivity (Wildman–Crippen MR) is 88.5 cm³/mol. The third-order valence-corrected chi connectivity index (χ3v) is 5.65. The van der Waals surface area contributed by atoms with Gasteiger partial charge in [-0.2, -0.15) is 0 Å². The van der Waals surface area contributed by atoms with Gasteiger partial charge in [-0.25, -0.2) is 17.9 Å². The van der Waals surface area contributed by atoms with Crippen LogP contribution in [0.1, 0.15) is 6.42 Å². The molecule has 0 radical (unpaired) electrons. The number of sulfonamides is 1. The van der Waals surface area contributed by atoms with E-state index in [9.17, 15) is 18.0 Å². The molecule has 1 aliphatic rings. The number of nitrogens with one attached hydrogen (secondary N) is 1. The van der Waals surface area contributed by atoms with Crippen LogP contribution in [0.5, 0.6) is 0 Å². The van der Waals surface area contributed by atoms with Crippen LogP contribution in [-0.2, 0) is 28.9 Å². The van der Waals surface area contributed by atoms with E-state index in [1.54, 1.807) is 7.11 Å². The van der Waals surface area contributed by atoms with Crippen LogP contribution in [-0.4, -0.2) is 62.3 Å². The molecule has 0 saturated carbocycles. The molecule has 0 spiro atoms. The van der Waals surface area contributed by atoms with Gasteiger partial charge in [0.05, 0.1) is 6.61 Å². The van der Waals surface area contributed by atoms with Gasteiger partial charge in [-0.05, 0) is 18.9 Å². The normalized spacial score (nSPS) is 19.0. The SMILES string of the molecule is COCCN1CC[C@H](CNS(=O)(=O)c2cn(C)c(=O)n(C)c2=O)C1. The van der Waals surface area contributed by atoms with Crippen molar-refractivity contribution < 1.29 is 13.2 Å². The Morgan fingerprint density at radius 2 is 2.04 bits per heavy atom. The van der Waals surface area contributed by atoms with Gasteiger partial charge >= 0.3 is 5.69 Å². The Bertz CT molecular complexity index is 798. The highest BCUT2D eigenvalue weighted by Crippen LogP contribution is 2.15. The molecule has 1 N–H and O–H groups in total. The smallest absolute Gasteiger partial charge is 0.330 e. The molecule has 2 rings (SSSR count). The summed E-state index contributed by atoms with van der Waals surface area (Å²) in [6, 6.07) is 0. The summed E-state index contributed by atoms with van der Waals surface area (Å²) < 4.78 is 34.2. The lowest BCUT2D eigenvalue weighted by Gasteiger charge is -2.15.